The second-order valence-electron chi connectivity index (χ2n) is 9.24. The van der Waals surface area contributed by atoms with Gasteiger partial charge >= 0.3 is 11.9 Å². The van der Waals surface area contributed by atoms with Crippen LogP contribution in [0.5, 0.6) is 23.0 Å². The Morgan fingerprint density at radius 1 is 0.548 bits per heavy atom. The van der Waals surface area contributed by atoms with E-state index in [-0.39, 0.29) is 22.6 Å². The van der Waals surface area contributed by atoms with E-state index in [1.807, 2.05) is 6.07 Å². The molecule has 0 heterocycles. The van der Waals surface area contributed by atoms with Crippen LogP contribution in [0.4, 0.5) is 0 Å². The first-order valence-electron chi connectivity index (χ1n) is 12.7. The molecular weight excluding hydrogens is 536 g/mol. The maximum atomic E-state index is 12.5. The van der Waals surface area contributed by atoms with Crippen LogP contribution >= 0.6 is 0 Å². The normalized spacial score (nSPS) is 10.2. The number of ether oxygens (including phenoxy) is 4. The zero-order chi connectivity index (χ0) is 30.2. The van der Waals surface area contributed by atoms with E-state index < -0.39 is 11.9 Å². The van der Waals surface area contributed by atoms with E-state index in [4.69, 9.17) is 18.9 Å². The van der Waals surface area contributed by atoms with Gasteiger partial charge in [-0.3, -0.25) is 9.59 Å². The van der Waals surface area contributed by atoms with Gasteiger partial charge in [-0.2, -0.15) is 0 Å². The lowest BCUT2D eigenvalue weighted by Gasteiger charge is -2.15. The Hall–Kier alpha value is -5.76. The minimum atomic E-state index is -0.609. The lowest BCUT2D eigenvalue weighted by atomic mass is 9.96. The molecule has 0 unspecified atom stereocenters. The molecule has 0 saturated heterocycles. The summed E-state index contributed by atoms with van der Waals surface area (Å²) in [6.07, 6.45) is 0. The van der Waals surface area contributed by atoms with E-state index in [0.29, 0.717) is 46.7 Å². The molecule has 0 fully saturated rings. The van der Waals surface area contributed by atoms with E-state index >= 15 is 0 Å². The molecule has 0 aliphatic carbocycles. The molecule has 0 radical (unpaired) electrons. The minimum absolute atomic E-state index is 0.215. The lowest BCUT2D eigenvalue weighted by molar-refractivity contribution is -0.130. The van der Waals surface area contributed by atoms with Crippen LogP contribution in [0.2, 0.25) is 0 Å². The Balaban J connectivity index is 1.73. The van der Waals surface area contributed by atoms with Gasteiger partial charge in [0.2, 0.25) is 0 Å². The monoisotopic (exact) mass is 562 g/mol. The van der Waals surface area contributed by atoms with Gasteiger partial charge in [0.25, 0.3) is 12.9 Å². The number of carbonyl (C=O) groups is 4. The van der Waals surface area contributed by atoms with E-state index in [1.165, 1.54) is 0 Å². The molecule has 0 saturated carbocycles. The Morgan fingerprint density at radius 3 is 1.62 bits per heavy atom. The average molecular weight is 563 g/mol. The average Bonchev–Trinajstić information content (AvgIpc) is 2.98. The molecule has 8 nitrogen and oxygen atoms in total. The predicted molar refractivity (Wildman–Crippen MR) is 157 cm³/mol. The van der Waals surface area contributed by atoms with Crippen molar-refractivity contribution < 1.29 is 38.1 Å². The molecule has 210 valence electrons. The standard InChI is InChI=1S/C34H26O8/c1-21(2)33(37)41-28-13-7-24(8-14-28)29-16-10-26(18-32(29)42-34(38)22(3)4)30-15-9-25(17-31(30)40-20-36)23-5-11-27(12-6-23)39-19-35/h5-20H,1,3H2,2,4H3. The zero-order valence-electron chi connectivity index (χ0n) is 22.9. The number of carbonyl (C=O) groups excluding carboxylic acids is 4. The van der Waals surface area contributed by atoms with Crippen LogP contribution in [0.3, 0.4) is 0 Å². The van der Waals surface area contributed by atoms with E-state index in [1.54, 1.807) is 92.7 Å². The van der Waals surface area contributed by atoms with E-state index in [9.17, 15) is 19.2 Å². The van der Waals surface area contributed by atoms with Gasteiger partial charge in [0.1, 0.15) is 23.0 Å². The summed E-state index contributed by atoms with van der Waals surface area (Å²) in [5.41, 5.74) is 4.54. The first kappa shape index (κ1) is 29.2. The largest absolute Gasteiger partial charge is 0.429 e. The quantitative estimate of drug-likeness (QED) is 0.0859. The Kier molecular flexibility index (Phi) is 9.09. The van der Waals surface area contributed by atoms with Crippen LogP contribution in [-0.2, 0) is 19.2 Å². The van der Waals surface area contributed by atoms with Gasteiger partial charge in [0, 0.05) is 22.3 Å². The highest BCUT2D eigenvalue weighted by Crippen LogP contribution is 2.40. The summed E-state index contributed by atoms with van der Waals surface area (Å²) in [7, 11) is 0. The molecule has 0 amide bonds. The van der Waals surface area contributed by atoms with Gasteiger partial charge < -0.3 is 18.9 Å². The zero-order valence-corrected chi connectivity index (χ0v) is 22.9. The maximum absolute atomic E-state index is 12.5. The molecule has 4 aromatic carbocycles. The molecule has 4 aromatic rings. The number of esters is 2. The van der Waals surface area contributed by atoms with Crippen molar-refractivity contribution in [1.82, 2.24) is 0 Å². The highest BCUT2D eigenvalue weighted by Gasteiger charge is 2.17. The summed E-state index contributed by atoms with van der Waals surface area (Å²) in [5, 5.41) is 0. The van der Waals surface area contributed by atoms with E-state index in [2.05, 4.69) is 13.2 Å². The van der Waals surface area contributed by atoms with Gasteiger partial charge in [-0.1, -0.05) is 61.7 Å². The van der Waals surface area contributed by atoms with Crippen LogP contribution in [0.15, 0.2) is 109 Å². The molecule has 0 atom stereocenters. The summed E-state index contributed by atoms with van der Waals surface area (Å²) in [5.74, 6) is 0.122. The fourth-order valence-corrected chi connectivity index (χ4v) is 3.97. The lowest BCUT2D eigenvalue weighted by Crippen LogP contribution is -2.09. The fraction of sp³-hybridized carbons (Fsp3) is 0.0588. The third-order valence-electron chi connectivity index (χ3n) is 6.10. The summed E-state index contributed by atoms with van der Waals surface area (Å²) in [6.45, 7) is 11.0. The molecule has 8 heteroatoms. The van der Waals surface area contributed by atoms with Crippen molar-refractivity contribution in [3.8, 4) is 56.4 Å². The summed E-state index contributed by atoms with van der Waals surface area (Å²) in [4.78, 5) is 46.4. The van der Waals surface area contributed by atoms with Gasteiger partial charge in [-0.25, -0.2) is 9.59 Å². The van der Waals surface area contributed by atoms with Crippen molar-refractivity contribution in [3.63, 3.8) is 0 Å². The van der Waals surface area contributed by atoms with Crippen LogP contribution in [0.1, 0.15) is 13.8 Å². The second kappa shape index (κ2) is 13.1. The third-order valence-corrected chi connectivity index (χ3v) is 6.10. The van der Waals surface area contributed by atoms with Crippen LogP contribution in [-0.4, -0.2) is 24.9 Å². The van der Waals surface area contributed by atoms with Gasteiger partial charge in [0.15, 0.2) is 0 Å². The first-order valence-corrected chi connectivity index (χ1v) is 12.7. The molecule has 0 N–H and O–H groups in total. The molecule has 0 bridgehead atoms. The molecule has 0 aliphatic heterocycles. The van der Waals surface area contributed by atoms with Crippen molar-refractivity contribution >= 4 is 24.9 Å². The highest BCUT2D eigenvalue weighted by molar-refractivity contribution is 5.91. The van der Waals surface area contributed by atoms with Crippen LogP contribution < -0.4 is 18.9 Å². The molecule has 0 spiro atoms. The minimum Gasteiger partial charge on any atom is -0.429 e. The molecule has 0 aromatic heterocycles. The molecular formula is C34H26O8. The van der Waals surface area contributed by atoms with Crippen molar-refractivity contribution in [2.75, 3.05) is 0 Å². The van der Waals surface area contributed by atoms with Crippen LogP contribution in [0.25, 0.3) is 33.4 Å². The third kappa shape index (κ3) is 6.86. The predicted octanol–water partition coefficient (Wildman–Crippen LogP) is 6.72. The first-order chi connectivity index (χ1) is 20.2. The highest BCUT2D eigenvalue weighted by atomic mass is 16.5. The van der Waals surface area contributed by atoms with Crippen molar-refractivity contribution in [2.45, 2.75) is 13.8 Å². The van der Waals surface area contributed by atoms with Crippen molar-refractivity contribution in [1.29, 1.82) is 0 Å². The van der Waals surface area contributed by atoms with Gasteiger partial charge in [-0.05, 0) is 72.5 Å². The smallest absolute Gasteiger partial charge is 0.338 e. The molecule has 0 aliphatic rings. The number of hydrogen-bond acceptors (Lipinski definition) is 8. The number of rotatable bonds is 11. The fourth-order valence-electron chi connectivity index (χ4n) is 3.97. The Labute approximate surface area is 242 Å². The number of benzene rings is 4. The van der Waals surface area contributed by atoms with Crippen LogP contribution in [0, 0.1) is 0 Å². The van der Waals surface area contributed by atoms with Crippen molar-refractivity contribution in [2.24, 2.45) is 0 Å². The summed E-state index contributed by atoms with van der Waals surface area (Å²) < 4.78 is 21.1. The van der Waals surface area contributed by atoms with Gasteiger partial charge in [-0.15, -0.1) is 0 Å². The maximum Gasteiger partial charge on any atom is 0.338 e. The van der Waals surface area contributed by atoms with Crippen molar-refractivity contribution in [3.05, 3.63) is 109 Å². The number of hydrogen-bond donors (Lipinski definition) is 0. The summed E-state index contributed by atoms with van der Waals surface area (Å²) in [6, 6.07) is 24.1. The molecule has 42 heavy (non-hydrogen) atoms. The SMILES string of the molecule is C=C(C)C(=O)Oc1ccc(-c2ccc(-c3ccc(-c4ccc(OC=O)cc4)cc3OC=O)cc2OC(=O)C(=C)C)cc1. The topological polar surface area (TPSA) is 105 Å². The van der Waals surface area contributed by atoms with Gasteiger partial charge in [0.05, 0.1) is 0 Å². The Bertz CT molecular complexity index is 1680. The second-order valence-corrected chi connectivity index (χ2v) is 9.24. The summed E-state index contributed by atoms with van der Waals surface area (Å²) >= 11 is 0. The molecule has 4 rings (SSSR count). The Morgan fingerprint density at radius 2 is 1.02 bits per heavy atom. The van der Waals surface area contributed by atoms with E-state index in [0.717, 1.165) is 11.1 Å².